The van der Waals surface area contributed by atoms with Gasteiger partial charge in [0.25, 0.3) is 0 Å². The SMILES string of the molecule is CC(c1cccc(Br)c1)N1CC2(CCC2)C1. The normalized spacial score (nSPS) is 24.9. The fourth-order valence-electron chi connectivity index (χ4n) is 3.06. The van der Waals surface area contributed by atoms with Crippen molar-refractivity contribution in [1.29, 1.82) is 0 Å². The maximum absolute atomic E-state index is 3.55. The highest BCUT2D eigenvalue weighted by molar-refractivity contribution is 9.10. The van der Waals surface area contributed by atoms with Gasteiger partial charge in [0.05, 0.1) is 0 Å². The van der Waals surface area contributed by atoms with E-state index in [4.69, 9.17) is 0 Å². The van der Waals surface area contributed by atoms with Crippen molar-refractivity contribution in [3.63, 3.8) is 0 Å². The number of benzene rings is 1. The van der Waals surface area contributed by atoms with Crippen LogP contribution >= 0.6 is 15.9 Å². The van der Waals surface area contributed by atoms with Gasteiger partial charge in [-0.2, -0.15) is 0 Å². The predicted octanol–water partition coefficient (Wildman–Crippen LogP) is 4.00. The molecule has 1 saturated carbocycles. The quantitative estimate of drug-likeness (QED) is 0.791. The third-order valence-corrected chi connectivity index (χ3v) is 4.86. The smallest absolute Gasteiger partial charge is 0.0320 e. The van der Waals surface area contributed by atoms with Gasteiger partial charge in [-0.15, -0.1) is 0 Å². The Morgan fingerprint density at radius 3 is 2.62 bits per heavy atom. The Labute approximate surface area is 106 Å². The van der Waals surface area contributed by atoms with E-state index in [1.54, 1.807) is 0 Å². The van der Waals surface area contributed by atoms with Gasteiger partial charge < -0.3 is 0 Å². The molecule has 0 radical (unpaired) electrons. The molecule has 1 saturated heterocycles. The van der Waals surface area contributed by atoms with Crippen molar-refractivity contribution in [1.82, 2.24) is 4.90 Å². The van der Waals surface area contributed by atoms with Crippen molar-refractivity contribution >= 4 is 15.9 Å². The largest absolute Gasteiger partial charge is 0.295 e. The maximum Gasteiger partial charge on any atom is 0.0320 e. The molecule has 1 atom stereocenters. The summed E-state index contributed by atoms with van der Waals surface area (Å²) >= 11 is 3.55. The van der Waals surface area contributed by atoms with Crippen molar-refractivity contribution in [3.8, 4) is 0 Å². The third kappa shape index (κ3) is 1.72. The molecule has 1 aliphatic heterocycles. The third-order valence-electron chi connectivity index (χ3n) is 4.37. The minimum atomic E-state index is 0.573. The maximum atomic E-state index is 3.55. The van der Waals surface area contributed by atoms with Gasteiger partial charge in [-0.25, -0.2) is 0 Å². The first kappa shape index (κ1) is 10.8. The number of likely N-dealkylation sites (tertiary alicyclic amines) is 1. The zero-order valence-corrected chi connectivity index (χ0v) is 11.3. The Morgan fingerprint density at radius 1 is 1.31 bits per heavy atom. The number of halogens is 1. The van der Waals surface area contributed by atoms with Crippen LogP contribution in [0.1, 0.15) is 37.8 Å². The van der Waals surface area contributed by atoms with Crippen LogP contribution in [0.3, 0.4) is 0 Å². The van der Waals surface area contributed by atoms with Crippen LogP contribution in [-0.4, -0.2) is 18.0 Å². The van der Waals surface area contributed by atoms with E-state index in [-0.39, 0.29) is 0 Å². The summed E-state index contributed by atoms with van der Waals surface area (Å²) in [5.74, 6) is 0. The van der Waals surface area contributed by atoms with Gasteiger partial charge in [0.2, 0.25) is 0 Å². The molecule has 0 aromatic heterocycles. The van der Waals surface area contributed by atoms with Crippen LogP contribution < -0.4 is 0 Å². The first-order chi connectivity index (χ1) is 7.69. The van der Waals surface area contributed by atoms with E-state index in [2.05, 4.69) is 52.0 Å². The average Bonchev–Trinajstić information content (AvgIpc) is 2.13. The standard InChI is InChI=1S/C14H18BrN/c1-11(12-4-2-5-13(15)8-12)16-9-14(10-16)6-3-7-14/h2,4-5,8,11H,3,6-7,9-10H2,1H3. The van der Waals surface area contributed by atoms with Crippen LogP contribution in [0.2, 0.25) is 0 Å². The van der Waals surface area contributed by atoms with Gasteiger partial charge in [0.15, 0.2) is 0 Å². The first-order valence-corrected chi connectivity index (χ1v) is 6.97. The minimum absolute atomic E-state index is 0.573. The highest BCUT2D eigenvalue weighted by Gasteiger charge is 2.48. The van der Waals surface area contributed by atoms with E-state index in [0.717, 1.165) is 5.41 Å². The zero-order chi connectivity index (χ0) is 11.2. The summed E-state index contributed by atoms with van der Waals surface area (Å²) in [5.41, 5.74) is 2.17. The molecule has 2 aliphatic rings. The number of hydrogen-bond donors (Lipinski definition) is 0. The van der Waals surface area contributed by atoms with Gasteiger partial charge in [0, 0.05) is 23.6 Å². The van der Waals surface area contributed by atoms with E-state index in [1.807, 2.05) is 0 Å². The highest BCUT2D eigenvalue weighted by atomic mass is 79.9. The predicted molar refractivity (Wildman–Crippen MR) is 70.4 cm³/mol. The zero-order valence-electron chi connectivity index (χ0n) is 9.75. The Kier molecular flexibility index (Phi) is 2.60. The van der Waals surface area contributed by atoms with Gasteiger partial charge in [-0.05, 0) is 42.9 Å². The molecule has 1 aliphatic carbocycles. The second-order valence-corrected chi connectivity index (χ2v) is 6.41. The summed E-state index contributed by atoms with van der Waals surface area (Å²) in [7, 11) is 0. The lowest BCUT2D eigenvalue weighted by Gasteiger charge is -2.58. The van der Waals surface area contributed by atoms with E-state index in [1.165, 1.54) is 42.4 Å². The molecule has 1 spiro atoms. The van der Waals surface area contributed by atoms with Crippen molar-refractivity contribution in [2.45, 2.75) is 32.2 Å². The van der Waals surface area contributed by atoms with Crippen LogP contribution in [0.15, 0.2) is 28.7 Å². The molecule has 2 fully saturated rings. The van der Waals surface area contributed by atoms with Gasteiger partial charge >= 0.3 is 0 Å². The summed E-state index contributed by atoms with van der Waals surface area (Å²) in [6.07, 6.45) is 4.39. The highest BCUT2D eigenvalue weighted by Crippen LogP contribution is 2.50. The fourth-order valence-corrected chi connectivity index (χ4v) is 3.48. The van der Waals surface area contributed by atoms with Crippen molar-refractivity contribution in [3.05, 3.63) is 34.3 Å². The molecule has 1 aromatic carbocycles. The molecule has 0 amide bonds. The lowest BCUT2D eigenvalue weighted by Crippen LogP contribution is -2.59. The molecule has 1 heterocycles. The van der Waals surface area contributed by atoms with Crippen LogP contribution in [0.25, 0.3) is 0 Å². The Morgan fingerprint density at radius 2 is 2.06 bits per heavy atom. The van der Waals surface area contributed by atoms with Crippen molar-refractivity contribution in [2.24, 2.45) is 5.41 Å². The van der Waals surface area contributed by atoms with Crippen molar-refractivity contribution < 1.29 is 0 Å². The Hall–Kier alpha value is -0.340. The van der Waals surface area contributed by atoms with E-state index >= 15 is 0 Å². The van der Waals surface area contributed by atoms with Gasteiger partial charge in [-0.3, -0.25) is 4.90 Å². The van der Waals surface area contributed by atoms with Crippen LogP contribution in [0.4, 0.5) is 0 Å². The second-order valence-electron chi connectivity index (χ2n) is 5.49. The second kappa shape index (κ2) is 3.85. The lowest BCUT2D eigenvalue weighted by atomic mass is 9.63. The van der Waals surface area contributed by atoms with E-state index < -0.39 is 0 Å². The molecular formula is C14H18BrN. The molecule has 1 unspecified atom stereocenters. The van der Waals surface area contributed by atoms with Crippen LogP contribution in [-0.2, 0) is 0 Å². The number of hydrogen-bond acceptors (Lipinski definition) is 1. The van der Waals surface area contributed by atoms with E-state index in [0.29, 0.717) is 6.04 Å². The Balaban J connectivity index is 1.67. The van der Waals surface area contributed by atoms with Crippen LogP contribution in [0, 0.1) is 5.41 Å². The molecule has 0 N–H and O–H groups in total. The summed E-state index contributed by atoms with van der Waals surface area (Å²) in [4.78, 5) is 2.61. The summed E-state index contributed by atoms with van der Waals surface area (Å²) in [5, 5.41) is 0. The number of nitrogens with zero attached hydrogens (tertiary/aromatic N) is 1. The molecule has 3 rings (SSSR count). The first-order valence-electron chi connectivity index (χ1n) is 6.18. The molecule has 0 bridgehead atoms. The van der Waals surface area contributed by atoms with Gasteiger partial charge in [-0.1, -0.05) is 34.5 Å². The van der Waals surface area contributed by atoms with Crippen molar-refractivity contribution in [2.75, 3.05) is 13.1 Å². The minimum Gasteiger partial charge on any atom is -0.295 e. The molecule has 16 heavy (non-hydrogen) atoms. The lowest BCUT2D eigenvalue weighted by molar-refractivity contribution is -0.0804. The van der Waals surface area contributed by atoms with E-state index in [9.17, 15) is 0 Å². The average molecular weight is 280 g/mol. The molecule has 1 aromatic rings. The Bertz CT molecular complexity index is 389. The molecule has 2 heteroatoms. The molecular weight excluding hydrogens is 262 g/mol. The summed E-state index contributed by atoms with van der Waals surface area (Å²) in [6, 6.07) is 9.29. The topological polar surface area (TPSA) is 3.24 Å². The number of rotatable bonds is 2. The summed E-state index contributed by atoms with van der Waals surface area (Å²) < 4.78 is 1.19. The monoisotopic (exact) mass is 279 g/mol. The summed E-state index contributed by atoms with van der Waals surface area (Å²) in [6.45, 7) is 4.97. The van der Waals surface area contributed by atoms with Gasteiger partial charge in [0.1, 0.15) is 0 Å². The molecule has 86 valence electrons. The molecule has 1 nitrogen and oxygen atoms in total. The van der Waals surface area contributed by atoms with Crippen LogP contribution in [0.5, 0.6) is 0 Å². The fraction of sp³-hybridized carbons (Fsp3) is 0.571.